The maximum Gasteiger partial charge on any atom is 0.472 e. The lowest BCUT2D eigenvalue weighted by atomic mass is 10.0. The highest BCUT2D eigenvalue weighted by Gasteiger charge is 2.27. The van der Waals surface area contributed by atoms with Gasteiger partial charge in [0.2, 0.25) is 0 Å². The van der Waals surface area contributed by atoms with Crippen LogP contribution in [0.15, 0.2) is 85.1 Å². The van der Waals surface area contributed by atoms with Crippen molar-refractivity contribution in [3.8, 4) is 0 Å². The maximum atomic E-state index is 12.9. The summed E-state index contributed by atoms with van der Waals surface area (Å²) in [5.41, 5.74) is 0. The molecule has 2 atom stereocenters. The van der Waals surface area contributed by atoms with Gasteiger partial charge in [-0.3, -0.25) is 18.6 Å². The second kappa shape index (κ2) is 76.4. The van der Waals surface area contributed by atoms with Gasteiger partial charge in [0.25, 0.3) is 0 Å². The van der Waals surface area contributed by atoms with E-state index in [1.165, 1.54) is 295 Å². The number of ether oxygens (including phenoxy) is 2. The van der Waals surface area contributed by atoms with Crippen LogP contribution in [-0.4, -0.2) is 74.9 Å². The molecule has 0 rings (SSSR count). The van der Waals surface area contributed by atoms with Crippen LogP contribution in [0.3, 0.4) is 0 Å². The molecule has 0 aliphatic rings. The van der Waals surface area contributed by atoms with Gasteiger partial charge in [-0.25, -0.2) is 4.57 Å². The molecule has 0 saturated heterocycles. The molecule has 0 bridgehead atoms. The van der Waals surface area contributed by atoms with E-state index < -0.39 is 26.5 Å². The lowest BCUT2D eigenvalue weighted by Crippen LogP contribution is -2.37. The zero-order chi connectivity index (χ0) is 69.7. The first-order valence-electron chi connectivity index (χ1n) is 41.3. The monoisotopic (exact) mass is 1370 g/mol. The Bertz CT molecular complexity index is 1900. The molecular weight excluding hydrogens is 1210 g/mol. The Hall–Kier alpha value is -2.81. The average Bonchev–Trinajstić information content (AvgIpc) is 1.48. The quantitative estimate of drug-likeness (QED) is 0.0211. The van der Waals surface area contributed by atoms with Gasteiger partial charge in [0.15, 0.2) is 6.10 Å². The Kier molecular flexibility index (Phi) is 74.1. The van der Waals surface area contributed by atoms with Crippen LogP contribution in [0, 0.1) is 0 Å². The number of nitrogens with zero attached hydrogens (tertiary/aromatic N) is 1. The maximum absolute atomic E-state index is 12.9. The highest BCUT2D eigenvalue weighted by atomic mass is 31.2. The molecule has 9 nitrogen and oxygen atoms in total. The predicted molar refractivity (Wildman–Crippen MR) is 418 cm³/mol. The molecule has 0 fully saturated rings. The number of hydrogen-bond donors (Lipinski definition) is 1. The fraction of sp³-hybridized carbons (Fsp3) is 0.814. The molecule has 0 radical (unpaired) electrons. The number of carbonyl (C=O) groups is 2. The summed E-state index contributed by atoms with van der Waals surface area (Å²) in [5, 5.41) is 0. The van der Waals surface area contributed by atoms with Crippen molar-refractivity contribution in [1.82, 2.24) is 0 Å². The van der Waals surface area contributed by atoms with Crippen LogP contribution in [0.1, 0.15) is 399 Å². The molecular formula is C86H159NO8P+. The van der Waals surface area contributed by atoms with Crippen molar-refractivity contribution < 1.29 is 42.1 Å². The molecule has 0 aromatic heterocycles. The van der Waals surface area contributed by atoms with Gasteiger partial charge >= 0.3 is 19.8 Å². The van der Waals surface area contributed by atoms with Gasteiger partial charge in [-0.1, -0.05) is 381 Å². The fourth-order valence-corrected chi connectivity index (χ4v) is 12.9. The lowest BCUT2D eigenvalue weighted by molar-refractivity contribution is -0.870. The third kappa shape index (κ3) is 80.2. The SMILES string of the molecule is CC/C=C\C/C=C\C/C=C\C/C=C\CCCCCCCCCCCCCCCCCCCCCCC(=O)OC(COC(=O)CCCCCCCCCCCCCCCCCCCCCCCCCC/C=C\C/C=C\C/C=C\CCCCCCC)COP(=O)(O)OCC[N+](C)(C)C. The van der Waals surface area contributed by atoms with E-state index in [1.54, 1.807) is 0 Å². The summed E-state index contributed by atoms with van der Waals surface area (Å²) in [5.74, 6) is -0.776. The summed E-state index contributed by atoms with van der Waals surface area (Å²) in [6, 6.07) is 0. The molecule has 96 heavy (non-hydrogen) atoms. The van der Waals surface area contributed by atoms with Gasteiger partial charge in [0.05, 0.1) is 27.7 Å². The number of phosphoric acid groups is 1. The topological polar surface area (TPSA) is 108 Å². The summed E-state index contributed by atoms with van der Waals surface area (Å²) in [6.45, 7) is 4.37. The molecule has 10 heteroatoms. The summed E-state index contributed by atoms with van der Waals surface area (Å²) < 4.78 is 34.9. The number of allylic oxidation sites excluding steroid dienone is 14. The highest BCUT2D eigenvalue weighted by Crippen LogP contribution is 2.43. The van der Waals surface area contributed by atoms with Gasteiger partial charge in [0.1, 0.15) is 19.8 Å². The number of phosphoric ester groups is 1. The number of unbranched alkanes of at least 4 members (excludes halogenated alkanes) is 49. The number of carbonyl (C=O) groups excluding carboxylic acids is 2. The van der Waals surface area contributed by atoms with Crippen LogP contribution < -0.4 is 0 Å². The molecule has 0 saturated carbocycles. The summed E-state index contributed by atoms with van der Waals surface area (Å²) in [4.78, 5) is 36.0. The van der Waals surface area contributed by atoms with E-state index >= 15 is 0 Å². The van der Waals surface area contributed by atoms with Crippen LogP contribution in [0.2, 0.25) is 0 Å². The highest BCUT2D eigenvalue weighted by molar-refractivity contribution is 7.47. The van der Waals surface area contributed by atoms with Gasteiger partial charge in [-0.2, -0.15) is 0 Å². The van der Waals surface area contributed by atoms with Crippen LogP contribution in [0.4, 0.5) is 0 Å². The van der Waals surface area contributed by atoms with Crippen molar-refractivity contribution in [2.24, 2.45) is 0 Å². The number of rotatable bonds is 77. The fourth-order valence-electron chi connectivity index (χ4n) is 12.1. The van der Waals surface area contributed by atoms with E-state index in [0.717, 1.165) is 70.6 Å². The number of esters is 2. The van der Waals surface area contributed by atoms with Crippen molar-refractivity contribution in [3.63, 3.8) is 0 Å². The van der Waals surface area contributed by atoms with E-state index in [-0.39, 0.29) is 25.6 Å². The Labute approximate surface area is 596 Å². The largest absolute Gasteiger partial charge is 0.472 e. The smallest absolute Gasteiger partial charge is 0.462 e. The third-order valence-electron chi connectivity index (χ3n) is 18.4. The van der Waals surface area contributed by atoms with Crippen molar-refractivity contribution in [3.05, 3.63) is 85.1 Å². The zero-order valence-corrected chi connectivity index (χ0v) is 65.0. The van der Waals surface area contributed by atoms with Gasteiger partial charge in [-0.05, 0) is 89.9 Å². The van der Waals surface area contributed by atoms with Crippen molar-refractivity contribution in [2.45, 2.75) is 405 Å². The van der Waals surface area contributed by atoms with Crippen LogP contribution in [-0.2, 0) is 32.7 Å². The third-order valence-corrected chi connectivity index (χ3v) is 19.4. The summed E-state index contributed by atoms with van der Waals surface area (Å²) >= 11 is 0. The van der Waals surface area contributed by atoms with Crippen molar-refractivity contribution in [2.75, 3.05) is 47.5 Å². The number of quaternary nitrogens is 1. The minimum absolute atomic E-state index is 0.0328. The predicted octanol–water partition coefficient (Wildman–Crippen LogP) is 27.6. The van der Waals surface area contributed by atoms with Gasteiger partial charge in [0, 0.05) is 12.8 Å². The van der Waals surface area contributed by atoms with Crippen LogP contribution in [0.5, 0.6) is 0 Å². The van der Waals surface area contributed by atoms with E-state index in [2.05, 4.69) is 98.9 Å². The lowest BCUT2D eigenvalue weighted by Gasteiger charge is -2.24. The Morgan fingerprint density at radius 1 is 0.333 bits per heavy atom. The number of hydrogen-bond acceptors (Lipinski definition) is 7. The van der Waals surface area contributed by atoms with Crippen molar-refractivity contribution in [1.29, 1.82) is 0 Å². The first-order chi connectivity index (χ1) is 47.0. The van der Waals surface area contributed by atoms with E-state index in [1.807, 2.05) is 21.1 Å². The first-order valence-corrected chi connectivity index (χ1v) is 42.8. The Morgan fingerprint density at radius 3 is 0.885 bits per heavy atom. The molecule has 1 N–H and O–H groups in total. The molecule has 0 heterocycles. The zero-order valence-electron chi connectivity index (χ0n) is 64.1. The van der Waals surface area contributed by atoms with E-state index in [4.69, 9.17) is 18.5 Å². The van der Waals surface area contributed by atoms with Crippen LogP contribution in [0.25, 0.3) is 0 Å². The van der Waals surface area contributed by atoms with E-state index in [9.17, 15) is 19.0 Å². The standard InChI is InChI=1S/C86H158NO8P/c1-6-8-10-12-14-16-18-20-22-24-26-28-30-32-34-36-38-40-41-42-43-44-45-47-48-50-52-54-56-58-60-62-64-66-68-70-72-74-76-78-85(88)92-82-84(83-94-96(90,91)93-81-80-87(3,4)5)95-86(89)79-77-75-73-71-69-67-65-63-61-59-57-55-53-51-49-46-39-37-35-33-31-29-27-25-23-21-19-17-15-13-11-9-7-2/h9,11,15,17-18,20-21,23-24,26-27,29-30,32,84H,6-8,10,12-14,16,19,22,25,28,31,33-83H2,1-5H3/p+1/b11-9-,17-15-,20-18-,23-21-,26-24-,29-27-,32-30-. The van der Waals surface area contributed by atoms with E-state index in [0.29, 0.717) is 23.9 Å². The minimum Gasteiger partial charge on any atom is -0.462 e. The Balaban J connectivity index is 3.90. The molecule has 2 unspecified atom stereocenters. The molecule has 0 aliphatic heterocycles. The molecule has 560 valence electrons. The summed E-state index contributed by atoms with van der Waals surface area (Å²) in [7, 11) is 1.49. The van der Waals surface area contributed by atoms with Gasteiger partial charge in [-0.15, -0.1) is 0 Å². The number of likely N-dealkylation sites (N-methyl/N-ethyl adjacent to an activating group) is 1. The van der Waals surface area contributed by atoms with Gasteiger partial charge < -0.3 is 18.9 Å². The van der Waals surface area contributed by atoms with Crippen molar-refractivity contribution >= 4 is 19.8 Å². The molecule has 0 aliphatic carbocycles. The molecule has 0 aromatic rings. The average molecular weight is 1370 g/mol. The molecule has 0 spiro atoms. The normalized spacial score (nSPS) is 13.4. The molecule has 0 aromatic carbocycles. The second-order valence-electron chi connectivity index (χ2n) is 29.1. The minimum atomic E-state index is -4.40. The molecule has 0 amide bonds. The summed E-state index contributed by atoms with van der Waals surface area (Å²) in [6.07, 6.45) is 106. The first kappa shape index (κ1) is 93.2. The second-order valence-corrected chi connectivity index (χ2v) is 30.6. The Morgan fingerprint density at radius 2 is 0.594 bits per heavy atom. The van der Waals surface area contributed by atoms with Crippen LogP contribution >= 0.6 is 7.82 Å².